The monoisotopic (exact) mass is 498 g/mol. The fourth-order valence-corrected chi connectivity index (χ4v) is 6.74. The van der Waals surface area contributed by atoms with Gasteiger partial charge in [0.15, 0.2) is 0 Å². The van der Waals surface area contributed by atoms with Crippen molar-refractivity contribution < 1.29 is 37.0 Å². The summed E-state index contributed by atoms with van der Waals surface area (Å²) in [6.07, 6.45) is 3.97. The van der Waals surface area contributed by atoms with Gasteiger partial charge in [0, 0.05) is 60.7 Å². The summed E-state index contributed by atoms with van der Waals surface area (Å²) in [6.45, 7) is 10.1. The first-order chi connectivity index (χ1) is 15.9. The molecular formula is C22H50N2O8Si. The number of nitrogens with two attached hydrogens (primary N) is 2. The third-order valence-electron chi connectivity index (χ3n) is 5.38. The Morgan fingerprint density at radius 2 is 1.27 bits per heavy atom. The molecule has 0 aromatic rings. The molecule has 0 radical (unpaired) electrons. The maximum absolute atomic E-state index is 6.38. The summed E-state index contributed by atoms with van der Waals surface area (Å²) in [5, 5.41) is 0. The molecule has 0 aliphatic carbocycles. The maximum Gasteiger partial charge on any atom is 0.569 e. The summed E-state index contributed by atoms with van der Waals surface area (Å²) < 4.78 is 49.1. The van der Waals surface area contributed by atoms with Crippen LogP contribution in [0.1, 0.15) is 59.8 Å². The lowest BCUT2D eigenvalue weighted by Gasteiger charge is -2.52. The molecule has 0 aliphatic heterocycles. The molecule has 0 saturated heterocycles. The van der Waals surface area contributed by atoms with E-state index < -0.39 is 20.0 Å². The van der Waals surface area contributed by atoms with Crippen LogP contribution in [0.25, 0.3) is 0 Å². The van der Waals surface area contributed by atoms with E-state index in [0.717, 1.165) is 19.3 Å². The molecule has 2 unspecified atom stereocenters. The van der Waals surface area contributed by atoms with Gasteiger partial charge in [0.1, 0.15) is 0 Å². The molecule has 0 aliphatic rings. The minimum absolute atomic E-state index is 0.0283. The molecule has 0 amide bonds. The number of ether oxygens (including phenoxy) is 5. The molecule has 2 atom stereocenters. The van der Waals surface area contributed by atoms with Crippen LogP contribution < -0.4 is 11.5 Å². The lowest BCUT2D eigenvalue weighted by atomic mass is 10.0. The minimum Gasteiger partial charge on any atom is -0.377 e. The van der Waals surface area contributed by atoms with Crippen LogP contribution in [0.5, 0.6) is 0 Å². The lowest BCUT2D eigenvalue weighted by molar-refractivity contribution is -0.394. The van der Waals surface area contributed by atoms with Crippen molar-refractivity contribution in [2.24, 2.45) is 11.5 Å². The zero-order valence-corrected chi connectivity index (χ0v) is 23.0. The van der Waals surface area contributed by atoms with Gasteiger partial charge >= 0.3 is 8.80 Å². The maximum atomic E-state index is 6.38. The van der Waals surface area contributed by atoms with Crippen LogP contribution in [-0.4, -0.2) is 93.6 Å². The average molecular weight is 499 g/mol. The average Bonchev–Trinajstić information content (AvgIpc) is 2.83. The lowest BCUT2D eigenvalue weighted by Crippen LogP contribution is -2.78. The fraction of sp³-hybridized carbons (Fsp3) is 1.00. The Balaban J connectivity index is 6.60. The van der Waals surface area contributed by atoms with Crippen LogP contribution in [-0.2, 0) is 37.0 Å². The summed E-state index contributed by atoms with van der Waals surface area (Å²) in [7, 11) is 0.861. The van der Waals surface area contributed by atoms with Crippen LogP contribution >= 0.6 is 0 Å². The van der Waals surface area contributed by atoms with Crippen molar-refractivity contribution >= 4 is 8.80 Å². The first-order valence-electron chi connectivity index (χ1n) is 12.1. The molecule has 0 bridgehead atoms. The highest BCUT2D eigenvalue weighted by Gasteiger charge is 2.75. The van der Waals surface area contributed by atoms with Crippen molar-refractivity contribution in [1.82, 2.24) is 0 Å². The summed E-state index contributed by atoms with van der Waals surface area (Å²) in [5.41, 5.74) is 9.92. The number of hydrogen-bond acceptors (Lipinski definition) is 10. The van der Waals surface area contributed by atoms with E-state index >= 15 is 0 Å². The Labute approximate surface area is 202 Å². The van der Waals surface area contributed by atoms with E-state index in [1.807, 2.05) is 20.8 Å². The van der Waals surface area contributed by atoms with Gasteiger partial charge in [-0.15, -0.1) is 0 Å². The number of rotatable bonds is 23. The molecule has 4 N–H and O–H groups in total. The zero-order chi connectivity index (χ0) is 25.2. The molecule has 200 valence electrons. The third-order valence-corrected chi connectivity index (χ3v) is 8.47. The van der Waals surface area contributed by atoms with E-state index in [9.17, 15) is 0 Å². The Bertz CT molecular complexity index is 451. The van der Waals surface area contributed by atoms with Crippen LogP contribution in [0.2, 0.25) is 0 Å². The third kappa shape index (κ3) is 8.46. The molecule has 0 spiro atoms. The second-order valence-electron chi connectivity index (χ2n) is 7.44. The normalized spacial score (nSPS) is 15.5. The summed E-state index contributed by atoms with van der Waals surface area (Å²) >= 11 is 0. The minimum atomic E-state index is -3.68. The predicted molar refractivity (Wildman–Crippen MR) is 130 cm³/mol. The van der Waals surface area contributed by atoms with Crippen molar-refractivity contribution in [3.63, 3.8) is 0 Å². The summed E-state index contributed by atoms with van der Waals surface area (Å²) in [6, 6.07) is 0. The smallest absolute Gasteiger partial charge is 0.377 e. The van der Waals surface area contributed by atoms with Gasteiger partial charge in [0.05, 0.1) is 19.3 Å². The molecule has 0 heterocycles. The SMILES string of the molecule is CCCCC(CCC(OCC)(OCCN)C(OCC)(OCC)[Si](OC)(OC)OC)OCCN. The van der Waals surface area contributed by atoms with E-state index in [-0.39, 0.29) is 32.5 Å². The van der Waals surface area contributed by atoms with E-state index in [4.69, 9.17) is 48.4 Å². The van der Waals surface area contributed by atoms with Gasteiger partial charge in [0.25, 0.3) is 5.41 Å². The van der Waals surface area contributed by atoms with Crippen molar-refractivity contribution in [1.29, 1.82) is 0 Å². The molecule has 0 saturated carbocycles. The van der Waals surface area contributed by atoms with E-state index in [2.05, 4.69) is 6.92 Å². The van der Waals surface area contributed by atoms with Crippen LogP contribution in [0, 0.1) is 0 Å². The van der Waals surface area contributed by atoms with Gasteiger partial charge in [-0.25, -0.2) is 0 Å². The van der Waals surface area contributed by atoms with Gasteiger partial charge in [-0.05, 0) is 33.6 Å². The standard InChI is InChI=1S/C22H50N2O8Si/c1-8-12-13-20(28-18-16-23)14-15-21(29-9-2,32-19-17-24)22(30-10-3,31-11-4)33(25-5,26-6)27-7/h20H,8-19,23-24H2,1-7H3. The van der Waals surface area contributed by atoms with Crippen molar-refractivity contribution in [2.45, 2.75) is 77.1 Å². The van der Waals surface area contributed by atoms with Crippen LogP contribution in [0.3, 0.4) is 0 Å². The molecule has 33 heavy (non-hydrogen) atoms. The van der Waals surface area contributed by atoms with Crippen molar-refractivity contribution in [3.05, 3.63) is 0 Å². The van der Waals surface area contributed by atoms with Crippen LogP contribution in [0.15, 0.2) is 0 Å². The predicted octanol–water partition coefficient (Wildman–Crippen LogP) is 2.20. The van der Waals surface area contributed by atoms with Gasteiger partial charge in [-0.3, -0.25) is 0 Å². The first-order valence-corrected chi connectivity index (χ1v) is 13.9. The Hall–Kier alpha value is -0.183. The molecule has 10 nitrogen and oxygen atoms in total. The van der Waals surface area contributed by atoms with Crippen molar-refractivity contribution in [2.75, 3.05) is 67.5 Å². The largest absolute Gasteiger partial charge is 0.569 e. The Morgan fingerprint density at radius 3 is 1.70 bits per heavy atom. The highest BCUT2D eigenvalue weighted by atomic mass is 28.4. The van der Waals surface area contributed by atoms with Crippen LogP contribution in [0.4, 0.5) is 0 Å². The first kappa shape index (κ1) is 32.8. The fourth-order valence-electron chi connectivity index (χ4n) is 4.06. The zero-order valence-electron chi connectivity index (χ0n) is 22.0. The molecule has 11 heteroatoms. The Morgan fingerprint density at radius 1 is 0.727 bits per heavy atom. The number of unbranched alkanes of at least 4 members (excludes halogenated alkanes) is 1. The van der Waals surface area contributed by atoms with Gasteiger partial charge < -0.3 is 48.4 Å². The van der Waals surface area contributed by atoms with Gasteiger partial charge in [-0.1, -0.05) is 19.8 Å². The van der Waals surface area contributed by atoms with E-state index in [1.54, 1.807) is 0 Å². The quantitative estimate of drug-likeness (QED) is 0.160. The van der Waals surface area contributed by atoms with Gasteiger partial charge in [0.2, 0.25) is 5.79 Å². The van der Waals surface area contributed by atoms with Crippen molar-refractivity contribution in [3.8, 4) is 0 Å². The highest BCUT2D eigenvalue weighted by Crippen LogP contribution is 2.44. The molecule has 0 aromatic heterocycles. The second kappa shape index (κ2) is 18.1. The summed E-state index contributed by atoms with van der Waals surface area (Å²) in [5.74, 6) is -1.42. The van der Waals surface area contributed by atoms with Gasteiger partial charge in [-0.2, -0.15) is 0 Å². The van der Waals surface area contributed by atoms with E-state index in [0.29, 0.717) is 32.6 Å². The highest BCUT2D eigenvalue weighted by molar-refractivity contribution is 6.63. The molecular weight excluding hydrogens is 448 g/mol. The Kier molecular flexibility index (Phi) is 18.0. The molecule has 0 rings (SSSR count). The molecule has 0 fully saturated rings. The summed E-state index contributed by atoms with van der Waals surface area (Å²) in [4.78, 5) is 0. The topological polar surface area (TPSA) is 126 Å². The molecule has 0 aromatic carbocycles. The second-order valence-corrected chi connectivity index (χ2v) is 10.4. The van der Waals surface area contributed by atoms with E-state index in [1.165, 1.54) is 21.3 Å². The number of hydrogen-bond donors (Lipinski definition) is 2.